The molecule has 2 heterocycles. The smallest absolute Gasteiger partial charge is 0.271 e. The predicted octanol–water partition coefficient (Wildman–Crippen LogP) is 2.31. The minimum absolute atomic E-state index is 0.0173. The third kappa shape index (κ3) is 8.93. The molecule has 0 bridgehead atoms. The van der Waals surface area contributed by atoms with Crippen LogP contribution in [0.1, 0.15) is 46.1 Å². The molecule has 0 radical (unpaired) electrons. The van der Waals surface area contributed by atoms with E-state index >= 15 is 0 Å². The van der Waals surface area contributed by atoms with Gasteiger partial charge in [-0.3, -0.25) is 14.4 Å². The Hall–Kier alpha value is -4.12. The average molecular weight is 596 g/mol. The number of likely N-dealkylation sites (tertiary alicyclic amines) is 1. The number of likely N-dealkylation sites (N-methyl/N-ethyl adjacent to an activating group) is 1. The first-order valence-electron chi connectivity index (χ1n) is 14.6. The van der Waals surface area contributed by atoms with Crippen molar-refractivity contribution in [2.45, 2.75) is 65.1 Å². The van der Waals surface area contributed by atoms with E-state index in [2.05, 4.69) is 17.2 Å². The fourth-order valence-electron chi connectivity index (χ4n) is 5.05. The molecule has 0 aromatic heterocycles. The molecule has 1 aromatic rings. The lowest BCUT2D eigenvalue weighted by Gasteiger charge is -2.37. The summed E-state index contributed by atoms with van der Waals surface area (Å²) >= 11 is 0. The third-order valence-corrected chi connectivity index (χ3v) is 7.80. The van der Waals surface area contributed by atoms with Gasteiger partial charge < -0.3 is 36.8 Å². The minimum atomic E-state index is -0.750. The number of carbonyl (C=O) groups excluding carboxylic acids is 3. The van der Waals surface area contributed by atoms with E-state index in [-0.39, 0.29) is 35.9 Å². The molecule has 6 N–H and O–H groups in total. The molecule has 0 aliphatic carbocycles. The van der Waals surface area contributed by atoms with Crippen molar-refractivity contribution in [1.82, 2.24) is 25.3 Å². The van der Waals surface area contributed by atoms with Gasteiger partial charge in [-0.2, -0.15) is 0 Å². The van der Waals surface area contributed by atoms with Crippen LogP contribution in [-0.2, 0) is 20.8 Å². The Bertz CT molecular complexity index is 1280. The van der Waals surface area contributed by atoms with E-state index in [1.54, 1.807) is 59.2 Å². The van der Waals surface area contributed by atoms with Gasteiger partial charge in [-0.25, -0.2) is 4.39 Å². The second-order valence-electron chi connectivity index (χ2n) is 12.2. The number of nitrogens with one attached hydrogen (secondary N) is 2. The number of carbonyl (C=O) groups is 3. The quantitative estimate of drug-likeness (QED) is 0.288. The van der Waals surface area contributed by atoms with Crippen LogP contribution in [0.25, 0.3) is 0 Å². The zero-order valence-corrected chi connectivity index (χ0v) is 25.9. The van der Waals surface area contributed by atoms with Crippen LogP contribution in [0.5, 0.6) is 0 Å². The first-order chi connectivity index (χ1) is 20.2. The lowest BCUT2D eigenvalue weighted by atomic mass is 9.85. The van der Waals surface area contributed by atoms with Gasteiger partial charge in [0.1, 0.15) is 17.6 Å². The first kappa shape index (κ1) is 33.4. The summed E-state index contributed by atoms with van der Waals surface area (Å²) in [7, 11) is 1.69. The van der Waals surface area contributed by atoms with Crippen molar-refractivity contribution in [3.8, 4) is 0 Å². The largest absolute Gasteiger partial charge is 0.398 e. The van der Waals surface area contributed by atoms with E-state index in [0.29, 0.717) is 37.3 Å². The van der Waals surface area contributed by atoms with Gasteiger partial charge >= 0.3 is 0 Å². The number of amides is 3. The number of nitrogens with zero attached hydrogens (tertiary/aromatic N) is 3. The number of nitrogens with two attached hydrogens (primary N) is 2. The number of allylic oxidation sites excluding steroid dienone is 2. The molecule has 2 aliphatic rings. The van der Waals surface area contributed by atoms with E-state index in [1.165, 1.54) is 18.3 Å². The molecule has 3 amide bonds. The molecule has 234 valence electrons. The summed E-state index contributed by atoms with van der Waals surface area (Å²) in [5.74, 6) is -1.18. The second kappa shape index (κ2) is 14.4. The fraction of sp³-hybridized carbons (Fsp3) is 0.469. The SMILES string of the molecule is C=C1C=CC(N)=CN1/C=C(\N)C(=O)N(CCc1ccc(F)cc1)C[C@@H]1CCCN1C(=O)[C@@H](NC(=O)[C@H](C)NC)C(C)(C)C. The molecule has 0 spiro atoms. The van der Waals surface area contributed by atoms with Crippen molar-refractivity contribution in [1.29, 1.82) is 0 Å². The highest BCUT2D eigenvalue weighted by atomic mass is 19.1. The van der Waals surface area contributed by atoms with Crippen LogP contribution in [0, 0.1) is 11.2 Å². The molecular formula is C32H46FN7O3. The summed E-state index contributed by atoms with van der Waals surface area (Å²) in [4.78, 5) is 45.5. The number of hydrogen-bond acceptors (Lipinski definition) is 7. The van der Waals surface area contributed by atoms with Gasteiger partial charge in [-0.05, 0) is 68.5 Å². The normalized spacial score (nSPS) is 18.7. The van der Waals surface area contributed by atoms with Crippen LogP contribution in [-0.4, -0.2) is 77.2 Å². The Morgan fingerprint density at radius 2 is 1.88 bits per heavy atom. The maximum Gasteiger partial charge on any atom is 0.271 e. The lowest BCUT2D eigenvalue weighted by Crippen LogP contribution is -2.59. The van der Waals surface area contributed by atoms with Crippen molar-refractivity contribution in [3.63, 3.8) is 0 Å². The molecule has 1 fully saturated rings. The van der Waals surface area contributed by atoms with Gasteiger partial charge in [0.2, 0.25) is 11.8 Å². The highest BCUT2D eigenvalue weighted by Crippen LogP contribution is 2.27. The topological polar surface area (TPSA) is 137 Å². The summed E-state index contributed by atoms with van der Waals surface area (Å²) in [5.41, 5.74) is 13.6. The van der Waals surface area contributed by atoms with Crippen LogP contribution < -0.4 is 22.1 Å². The molecule has 11 heteroatoms. The lowest BCUT2D eigenvalue weighted by molar-refractivity contribution is -0.141. The van der Waals surface area contributed by atoms with E-state index in [4.69, 9.17) is 11.5 Å². The number of rotatable bonds is 11. The number of benzene rings is 1. The Labute approximate surface area is 254 Å². The van der Waals surface area contributed by atoms with Crippen molar-refractivity contribution in [3.05, 3.63) is 83.9 Å². The van der Waals surface area contributed by atoms with Gasteiger partial charge in [0.05, 0.1) is 6.04 Å². The third-order valence-electron chi connectivity index (χ3n) is 7.80. The second-order valence-corrected chi connectivity index (χ2v) is 12.2. The van der Waals surface area contributed by atoms with Crippen LogP contribution in [0.15, 0.2) is 72.5 Å². The van der Waals surface area contributed by atoms with Crippen LogP contribution in [0.3, 0.4) is 0 Å². The van der Waals surface area contributed by atoms with Crippen molar-refractivity contribution in [2.75, 3.05) is 26.7 Å². The minimum Gasteiger partial charge on any atom is -0.398 e. The molecule has 43 heavy (non-hydrogen) atoms. The van der Waals surface area contributed by atoms with Crippen LogP contribution in [0.2, 0.25) is 0 Å². The Morgan fingerprint density at radius 1 is 1.21 bits per heavy atom. The molecule has 1 saturated heterocycles. The first-order valence-corrected chi connectivity index (χ1v) is 14.6. The predicted molar refractivity (Wildman–Crippen MR) is 166 cm³/mol. The molecule has 0 unspecified atom stereocenters. The maximum absolute atomic E-state index is 13.9. The van der Waals surface area contributed by atoms with Gasteiger partial charge in [0.25, 0.3) is 5.91 Å². The van der Waals surface area contributed by atoms with Gasteiger partial charge in [0, 0.05) is 49.5 Å². The van der Waals surface area contributed by atoms with Crippen LogP contribution in [0.4, 0.5) is 4.39 Å². The monoisotopic (exact) mass is 595 g/mol. The van der Waals surface area contributed by atoms with Crippen LogP contribution >= 0.6 is 0 Å². The Balaban J connectivity index is 1.85. The molecule has 2 aliphatic heterocycles. The summed E-state index contributed by atoms with van der Waals surface area (Å²) in [6.07, 6.45) is 8.46. The zero-order chi connectivity index (χ0) is 31.9. The van der Waals surface area contributed by atoms with Gasteiger partial charge in [-0.15, -0.1) is 0 Å². The van der Waals surface area contributed by atoms with E-state index < -0.39 is 23.4 Å². The summed E-state index contributed by atoms with van der Waals surface area (Å²) in [6.45, 7) is 12.5. The van der Waals surface area contributed by atoms with Gasteiger partial charge in [0.15, 0.2) is 0 Å². The molecule has 0 saturated carbocycles. The molecule has 1 aromatic carbocycles. The fourth-order valence-corrected chi connectivity index (χ4v) is 5.05. The Morgan fingerprint density at radius 3 is 2.51 bits per heavy atom. The summed E-state index contributed by atoms with van der Waals surface area (Å²) in [6, 6.07) is 4.65. The standard InChI is InChI=1S/C32H46FN7O3/c1-21-9-14-25(34)18-39(21)20-27(35)30(42)38(17-15-23-10-12-24(33)13-11-23)19-26-8-7-16-40(26)31(43)28(32(3,4)5)37-29(41)22(2)36-6/h9-14,18,20,22,26,28,36H,1,7-8,15-17,19,34-35H2,2-6H3,(H,37,41)/b27-20-/t22-,26-,28+/m0/s1. The average Bonchev–Trinajstić information content (AvgIpc) is 3.43. The number of hydrogen-bond donors (Lipinski definition) is 4. The highest BCUT2D eigenvalue weighted by molar-refractivity contribution is 5.93. The van der Waals surface area contributed by atoms with Crippen molar-refractivity contribution < 1.29 is 18.8 Å². The molecule has 3 rings (SSSR count). The molecule has 3 atom stereocenters. The van der Waals surface area contributed by atoms with Crippen molar-refractivity contribution in [2.24, 2.45) is 16.9 Å². The van der Waals surface area contributed by atoms with E-state index in [0.717, 1.165) is 12.0 Å². The van der Waals surface area contributed by atoms with E-state index in [1.807, 2.05) is 20.8 Å². The number of halogens is 1. The zero-order valence-electron chi connectivity index (χ0n) is 25.9. The molecular weight excluding hydrogens is 549 g/mol. The van der Waals surface area contributed by atoms with Crippen molar-refractivity contribution >= 4 is 17.7 Å². The Kier molecular flexibility index (Phi) is 11.2. The summed E-state index contributed by atoms with van der Waals surface area (Å²) in [5, 5.41) is 5.85. The van der Waals surface area contributed by atoms with Gasteiger partial charge in [-0.1, -0.05) is 39.5 Å². The van der Waals surface area contributed by atoms with E-state index in [9.17, 15) is 18.8 Å². The maximum atomic E-state index is 13.9. The molecule has 10 nitrogen and oxygen atoms in total. The summed E-state index contributed by atoms with van der Waals surface area (Å²) < 4.78 is 13.5. The highest BCUT2D eigenvalue weighted by Gasteiger charge is 2.41.